The molecule has 0 aliphatic carbocycles. The van der Waals surface area contributed by atoms with Gasteiger partial charge in [-0.15, -0.1) is 0 Å². The van der Waals surface area contributed by atoms with E-state index < -0.39 is 26.8 Å². The summed E-state index contributed by atoms with van der Waals surface area (Å²) < 4.78 is 55.4. The molecule has 4 aromatic carbocycles. The zero-order valence-electron chi connectivity index (χ0n) is 22.4. The van der Waals surface area contributed by atoms with Gasteiger partial charge < -0.3 is 19.5 Å². The van der Waals surface area contributed by atoms with E-state index in [1.165, 1.54) is 12.5 Å². The standard InChI is InChI=1S/C14H14O3S.C7H9BO3.C7H7BrO2S/c1-17-13-7-3-11(4-8-13)12-5-9-14(10-6-12)18(2,15)16;1-11-7-4-2-6(3-5-7)8(9)10;1-11(9,10)7-4-2-6(8)3-5-7/h3-10H,1-2H3;2-5,9-10H,1H3;2-5H,1H3. The van der Waals surface area contributed by atoms with Crippen molar-refractivity contribution in [3.63, 3.8) is 0 Å². The van der Waals surface area contributed by atoms with Crippen LogP contribution in [0.3, 0.4) is 0 Å². The van der Waals surface area contributed by atoms with Crippen LogP contribution in [-0.4, -0.2) is 60.7 Å². The molecule has 0 radical (unpaired) electrons. The Morgan fingerprint density at radius 2 is 0.900 bits per heavy atom. The quantitative estimate of drug-likeness (QED) is 0.301. The van der Waals surface area contributed by atoms with Crippen molar-refractivity contribution in [3.8, 4) is 22.6 Å². The van der Waals surface area contributed by atoms with Gasteiger partial charge in [-0.25, -0.2) is 16.8 Å². The monoisotopic (exact) mass is 648 g/mol. The SMILES string of the molecule is COc1ccc(-c2ccc(S(C)(=O)=O)cc2)cc1.COc1ccc(B(O)O)cc1.CS(=O)(=O)c1ccc(Br)cc1. The topological polar surface area (TPSA) is 127 Å². The third-order valence-electron chi connectivity index (χ3n) is 5.36. The van der Waals surface area contributed by atoms with Crippen LogP contribution < -0.4 is 14.9 Å². The number of halogens is 1. The molecular formula is C28H30BBrO8S2. The molecule has 0 heterocycles. The normalized spacial score (nSPS) is 10.8. The van der Waals surface area contributed by atoms with E-state index in [0.717, 1.165) is 21.3 Å². The molecule has 2 N–H and O–H groups in total. The summed E-state index contributed by atoms with van der Waals surface area (Å²) in [5.41, 5.74) is 2.46. The number of methoxy groups -OCH3 is 2. The summed E-state index contributed by atoms with van der Waals surface area (Å²) in [6.45, 7) is 0. The number of rotatable bonds is 6. The van der Waals surface area contributed by atoms with Gasteiger partial charge in [0.1, 0.15) is 11.5 Å². The third-order valence-corrected chi connectivity index (χ3v) is 8.15. The van der Waals surface area contributed by atoms with E-state index in [1.807, 2.05) is 24.3 Å². The highest BCUT2D eigenvalue weighted by Gasteiger charge is 2.09. The Hall–Kier alpha value is -3.16. The molecule has 0 aliphatic heterocycles. The average Bonchev–Trinajstić information content (AvgIpc) is 2.93. The largest absolute Gasteiger partial charge is 0.497 e. The van der Waals surface area contributed by atoms with Gasteiger partial charge in [0, 0.05) is 17.0 Å². The van der Waals surface area contributed by atoms with Gasteiger partial charge in [0.25, 0.3) is 0 Å². The maximum absolute atomic E-state index is 11.3. The summed E-state index contributed by atoms with van der Waals surface area (Å²) in [5, 5.41) is 17.4. The number of hydrogen-bond acceptors (Lipinski definition) is 8. The number of sulfone groups is 2. The lowest BCUT2D eigenvalue weighted by molar-refractivity contribution is 0.414. The molecular weight excluding hydrogens is 619 g/mol. The van der Waals surface area contributed by atoms with Crippen LogP contribution in [0.1, 0.15) is 0 Å². The van der Waals surface area contributed by atoms with E-state index in [1.54, 1.807) is 87.0 Å². The maximum Gasteiger partial charge on any atom is 0.488 e. The van der Waals surface area contributed by atoms with Crippen LogP contribution >= 0.6 is 15.9 Å². The smallest absolute Gasteiger partial charge is 0.488 e. The predicted octanol–water partition coefficient (Wildman–Crippen LogP) is 3.99. The van der Waals surface area contributed by atoms with E-state index >= 15 is 0 Å². The van der Waals surface area contributed by atoms with Gasteiger partial charge in [0.15, 0.2) is 19.7 Å². The first-order valence-corrected chi connectivity index (χ1v) is 16.2. The Labute approximate surface area is 244 Å². The molecule has 8 nitrogen and oxygen atoms in total. The van der Waals surface area contributed by atoms with Gasteiger partial charge in [-0.05, 0) is 77.3 Å². The molecule has 0 saturated carbocycles. The van der Waals surface area contributed by atoms with Crippen molar-refractivity contribution in [2.45, 2.75) is 9.79 Å². The molecule has 40 heavy (non-hydrogen) atoms. The molecule has 0 atom stereocenters. The van der Waals surface area contributed by atoms with Crippen molar-refractivity contribution < 1.29 is 36.4 Å². The second-order valence-electron chi connectivity index (χ2n) is 8.40. The Morgan fingerprint density at radius 3 is 1.23 bits per heavy atom. The van der Waals surface area contributed by atoms with E-state index in [4.69, 9.17) is 19.5 Å². The number of benzene rings is 4. The predicted molar refractivity (Wildman–Crippen MR) is 162 cm³/mol. The van der Waals surface area contributed by atoms with E-state index in [0.29, 0.717) is 21.0 Å². The van der Waals surface area contributed by atoms with Gasteiger partial charge in [0.2, 0.25) is 0 Å². The Balaban J connectivity index is 0.000000222. The molecule has 0 amide bonds. The Kier molecular flexibility index (Phi) is 12.4. The molecule has 0 unspecified atom stereocenters. The fourth-order valence-electron chi connectivity index (χ4n) is 3.14. The molecule has 0 saturated heterocycles. The van der Waals surface area contributed by atoms with Gasteiger partial charge in [0.05, 0.1) is 24.0 Å². The molecule has 0 aliphatic rings. The van der Waals surface area contributed by atoms with Crippen molar-refractivity contribution >= 4 is 48.2 Å². The van der Waals surface area contributed by atoms with Crippen LogP contribution in [0.5, 0.6) is 11.5 Å². The van der Waals surface area contributed by atoms with Gasteiger partial charge in [-0.3, -0.25) is 0 Å². The fourth-order valence-corrected chi connectivity index (χ4v) is 4.66. The number of hydrogen-bond donors (Lipinski definition) is 2. The first kappa shape index (κ1) is 33.1. The van der Waals surface area contributed by atoms with E-state index in [2.05, 4.69) is 15.9 Å². The highest BCUT2D eigenvalue weighted by atomic mass is 79.9. The van der Waals surface area contributed by atoms with Crippen LogP contribution in [0.4, 0.5) is 0 Å². The third kappa shape index (κ3) is 10.8. The van der Waals surface area contributed by atoms with Crippen LogP contribution in [0.2, 0.25) is 0 Å². The zero-order chi connectivity index (χ0) is 29.9. The van der Waals surface area contributed by atoms with Crippen LogP contribution in [0.15, 0.2) is 111 Å². The lowest BCUT2D eigenvalue weighted by atomic mass is 9.80. The van der Waals surface area contributed by atoms with Crippen molar-refractivity contribution in [2.75, 3.05) is 26.7 Å². The highest BCUT2D eigenvalue weighted by Crippen LogP contribution is 2.23. The molecule has 4 aromatic rings. The van der Waals surface area contributed by atoms with Crippen LogP contribution in [-0.2, 0) is 19.7 Å². The van der Waals surface area contributed by atoms with Crippen molar-refractivity contribution in [1.29, 1.82) is 0 Å². The Bertz CT molecular complexity index is 1560. The molecule has 0 aromatic heterocycles. The molecule has 212 valence electrons. The van der Waals surface area contributed by atoms with Gasteiger partial charge in [-0.2, -0.15) is 0 Å². The highest BCUT2D eigenvalue weighted by molar-refractivity contribution is 9.10. The van der Waals surface area contributed by atoms with E-state index in [9.17, 15) is 16.8 Å². The summed E-state index contributed by atoms with van der Waals surface area (Å²) in [5.74, 6) is 1.50. The summed E-state index contributed by atoms with van der Waals surface area (Å²) in [4.78, 5) is 0.681. The van der Waals surface area contributed by atoms with Gasteiger partial charge >= 0.3 is 7.12 Å². The minimum atomic E-state index is -3.13. The lowest BCUT2D eigenvalue weighted by Crippen LogP contribution is -2.29. The molecule has 4 rings (SSSR count). The summed E-state index contributed by atoms with van der Waals surface area (Å²) in [7, 11) is -4.39. The number of ether oxygens (including phenoxy) is 2. The molecule has 0 spiro atoms. The van der Waals surface area contributed by atoms with E-state index in [-0.39, 0.29) is 0 Å². The minimum Gasteiger partial charge on any atom is -0.497 e. The minimum absolute atomic E-state index is 0.333. The molecule has 12 heteroatoms. The molecule has 0 fully saturated rings. The van der Waals surface area contributed by atoms with Crippen LogP contribution in [0.25, 0.3) is 11.1 Å². The van der Waals surface area contributed by atoms with Crippen molar-refractivity contribution in [1.82, 2.24) is 0 Å². The Morgan fingerprint density at radius 1 is 0.575 bits per heavy atom. The fraction of sp³-hybridized carbons (Fsp3) is 0.143. The summed E-state index contributed by atoms with van der Waals surface area (Å²) in [6, 6.07) is 27.6. The van der Waals surface area contributed by atoms with Crippen molar-refractivity contribution in [3.05, 3.63) is 102 Å². The van der Waals surface area contributed by atoms with Gasteiger partial charge in [-0.1, -0.05) is 52.3 Å². The lowest BCUT2D eigenvalue weighted by Gasteiger charge is -2.05. The first-order chi connectivity index (χ1) is 18.7. The van der Waals surface area contributed by atoms with Crippen molar-refractivity contribution in [2.24, 2.45) is 0 Å². The first-order valence-electron chi connectivity index (χ1n) is 11.6. The van der Waals surface area contributed by atoms with Crippen LogP contribution in [0, 0.1) is 0 Å². The maximum atomic E-state index is 11.3. The summed E-state index contributed by atoms with van der Waals surface area (Å²) >= 11 is 3.22. The second kappa shape index (κ2) is 15.0. The zero-order valence-corrected chi connectivity index (χ0v) is 25.6. The second-order valence-corrected chi connectivity index (χ2v) is 13.3. The average molecular weight is 649 g/mol. The molecule has 0 bridgehead atoms. The summed E-state index contributed by atoms with van der Waals surface area (Å²) in [6.07, 6.45) is 2.39.